The minimum Gasteiger partial charge on any atom is -0.451 e. The number of thiophene rings is 1. The van der Waals surface area contributed by atoms with Crippen LogP contribution in [0, 0.1) is 0 Å². The largest absolute Gasteiger partial charge is 0.451 e. The van der Waals surface area contributed by atoms with Crippen LogP contribution in [0.3, 0.4) is 0 Å². The third kappa shape index (κ3) is 3.24. The first-order chi connectivity index (χ1) is 8.61. The second-order valence-electron chi connectivity index (χ2n) is 4.07. The standard InChI is InChI=1S/C12H14Br2N2OS/c1-16(6-8-2-3-18-7-8)10(5-15)11-4-9(13)12(14)17-11/h2-4,7,10H,5-6,15H2,1H3. The molecule has 0 aliphatic heterocycles. The Balaban J connectivity index is 2.12. The normalized spacial score (nSPS) is 13.2. The lowest BCUT2D eigenvalue weighted by atomic mass is 10.2. The predicted octanol–water partition coefficient (Wildman–Crippen LogP) is 4.00. The zero-order valence-electron chi connectivity index (χ0n) is 9.90. The summed E-state index contributed by atoms with van der Waals surface area (Å²) in [5, 5.41) is 4.23. The molecule has 2 rings (SSSR count). The topological polar surface area (TPSA) is 42.4 Å². The van der Waals surface area contributed by atoms with E-state index in [4.69, 9.17) is 10.2 Å². The Bertz CT molecular complexity index is 479. The Morgan fingerprint density at radius 2 is 2.28 bits per heavy atom. The fraction of sp³-hybridized carbons (Fsp3) is 0.333. The van der Waals surface area contributed by atoms with Crippen LogP contribution in [0.4, 0.5) is 0 Å². The molecule has 0 spiro atoms. The summed E-state index contributed by atoms with van der Waals surface area (Å²) in [6.45, 7) is 1.38. The Morgan fingerprint density at radius 1 is 1.50 bits per heavy atom. The Hall–Kier alpha value is -0.140. The Kier molecular flexibility index (Phi) is 5.03. The molecule has 0 aliphatic carbocycles. The number of halogens is 2. The van der Waals surface area contributed by atoms with E-state index in [-0.39, 0.29) is 6.04 Å². The van der Waals surface area contributed by atoms with Crippen molar-refractivity contribution in [3.8, 4) is 0 Å². The van der Waals surface area contributed by atoms with Crippen molar-refractivity contribution in [1.29, 1.82) is 0 Å². The molecular formula is C12H14Br2N2OS. The summed E-state index contributed by atoms with van der Waals surface area (Å²) in [6.07, 6.45) is 0. The first-order valence-corrected chi connectivity index (χ1v) is 8.00. The van der Waals surface area contributed by atoms with Crippen molar-refractivity contribution in [3.05, 3.63) is 43.4 Å². The van der Waals surface area contributed by atoms with Crippen LogP contribution in [0.15, 0.2) is 36.5 Å². The summed E-state index contributed by atoms with van der Waals surface area (Å²) in [5.41, 5.74) is 7.16. The first-order valence-electron chi connectivity index (χ1n) is 5.48. The molecule has 0 saturated carbocycles. The van der Waals surface area contributed by atoms with E-state index in [0.29, 0.717) is 11.2 Å². The van der Waals surface area contributed by atoms with E-state index in [2.05, 4.69) is 60.6 Å². The minimum atomic E-state index is 0.0764. The summed E-state index contributed by atoms with van der Waals surface area (Å²) in [4.78, 5) is 2.19. The summed E-state index contributed by atoms with van der Waals surface area (Å²) in [6, 6.07) is 4.17. The molecule has 1 unspecified atom stereocenters. The zero-order chi connectivity index (χ0) is 13.1. The van der Waals surface area contributed by atoms with E-state index in [1.807, 2.05) is 6.07 Å². The van der Waals surface area contributed by atoms with Gasteiger partial charge in [-0.2, -0.15) is 11.3 Å². The second-order valence-corrected chi connectivity index (χ2v) is 6.42. The number of hydrogen-bond acceptors (Lipinski definition) is 4. The lowest BCUT2D eigenvalue weighted by Crippen LogP contribution is -2.29. The van der Waals surface area contributed by atoms with Crippen LogP contribution in [0.25, 0.3) is 0 Å². The van der Waals surface area contributed by atoms with Gasteiger partial charge >= 0.3 is 0 Å². The summed E-state index contributed by atoms with van der Waals surface area (Å²) >= 11 is 8.48. The molecular weight excluding hydrogens is 380 g/mol. The van der Waals surface area contributed by atoms with Crippen molar-refractivity contribution >= 4 is 43.2 Å². The lowest BCUT2D eigenvalue weighted by Gasteiger charge is -2.24. The van der Waals surface area contributed by atoms with E-state index < -0.39 is 0 Å². The van der Waals surface area contributed by atoms with Gasteiger partial charge < -0.3 is 10.2 Å². The van der Waals surface area contributed by atoms with Gasteiger partial charge in [0.1, 0.15) is 5.76 Å². The molecule has 2 heterocycles. The molecule has 0 bridgehead atoms. The van der Waals surface area contributed by atoms with Crippen LogP contribution >= 0.6 is 43.2 Å². The van der Waals surface area contributed by atoms with Gasteiger partial charge in [0.25, 0.3) is 0 Å². The van der Waals surface area contributed by atoms with Crippen LogP contribution in [0.1, 0.15) is 17.4 Å². The van der Waals surface area contributed by atoms with E-state index in [9.17, 15) is 0 Å². The van der Waals surface area contributed by atoms with E-state index in [1.165, 1.54) is 5.56 Å². The average molecular weight is 394 g/mol. The van der Waals surface area contributed by atoms with Gasteiger partial charge in [-0.25, -0.2) is 0 Å². The summed E-state index contributed by atoms with van der Waals surface area (Å²) in [7, 11) is 2.06. The van der Waals surface area contributed by atoms with Crippen molar-refractivity contribution in [3.63, 3.8) is 0 Å². The molecule has 0 radical (unpaired) electrons. The molecule has 0 saturated heterocycles. The molecule has 1 atom stereocenters. The zero-order valence-corrected chi connectivity index (χ0v) is 13.9. The Labute approximate surface area is 127 Å². The van der Waals surface area contributed by atoms with Crippen molar-refractivity contribution < 1.29 is 4.42 Å². The van der Waals surface area contributed by atoms with Gasteiger partial charge in [-0.3, -0.25) is 4.90 Å². The number of nitrogens with two attached hydrogens (primary N) is 1. The van der Waals surface area contributed by atoms with Gasteiger partial charge in [-0.15, -0.1) is 0 Å². The molecule has 98 valence electrons. The van der Waals surface area contributed by atoms with Crippen LogP contribution in [0.2, 0.25) is 0 Å². The van der Waals surface area contributed by atoms with Crippen LogP contribution in [0.5, 0.6) is 0 Å². The molecule has 0 aromatic carbocycles. The van der Waals surface area contributed by atoms with Gasteiger partial charge in [0.05, 0.1) is 10.5 Å². The summed E-state index contributed by atoms with van der Waals surface area (Å²) in [5.74, 6) is 0.869. The molecule has 18 heavy (non-hydrogen) atoms. The van der Waals surface area contributed by atoms with E-state index >= 15 is 0 Å². The number of nitrogens with zero attached hydrogens (tertiary/aromatic N) is 1. The maximum absolute atomic E-state index is 5.86. The number of rotatable bonds is 5. The van der Waals surface area contributed by atoms with Gasteiger partial charge in [-0.05, 0) is 67.4 Å². The smallest absolute Gasteiger partial charge is 0.183 e. The van der Waals surface area contributed by atoms with E-state index in [1.54, 1.807) is 11.3 Å². The maximum Gasteiger partial charge on any atom is 0.183 e. The molecule has 0 aliphatic rings. The second kappa shape index (κ2) is 6.34. The maximum atomic E-state index is 5.86. The van der Waals surface area contributed by atoms with Crippen LogP contribution in [-0.4, -0.2) is 18.5 Å². The van der Waals surface area contributed by atoms with Crippen molar-refractivity contribution in [2.24, 2.45) is 5.73 Å². The van der Waals surface area contributed by atoms with Gasteiger partial charge in [0.15, 0.2) is 4.67 Å². The molecule has 2 aromatic heterocycles. The van der Waals surface area contributed by atoms with Crippen LogP contribution in [-0.2, 0) is 6.54 Å². The van der Waals surface area contributed by atoms with Crippen molar-refractivity contribution in [1.82, 2.24) is 4.90 Å². The number of likely N-dealkylation sites (N-methyl/N-ethyl adjacent to an activating group) is 1. The minimum absolute atomic E-state index is 0.0764. The monoisotopic (exact) mass is 392 g/mol. The van der Waals surface area contributed by atoms with E-state index in [0.717, 1.165) is 16.8 Å². The quantitative estimate of drug-likeness (QED) is 0.834. The number of furan rings is 1. The fourth-order valence-electron chi connectivity index (χ4n) is 1.82. The first kappa shape index (κ1) is 14.3. The SMILES string of the molecule is CN(Cc1ccsc1)C(CN)c1cc(Br)c(Br)o1. The fourth-order valence-corrected chi connectivity index (χ4v) is 3.09. The highest BCUT2D eigenvalue weighted by atomic mass is 79.9. The molecule has 6 heteroatoms. The predicted molar refractivity (Wildman–Crippen MR) is 81.7 cm³/mol. The highest BCUT2D eigenvalue weighted by molar-refractivity contribution is 9.13. The average Bonchev–Trinajstić information content (AvgIpc) is 2.92. The molecule has 0 fully saturated rings. The van der Waals surface area contributed by atoms with Crippen molar-refractivity contribution in [2.75, 3.05) is 13.6 Å². The highest BCUT2D eigenvalue weighted by Gasteiger charge is 2.20. The summed E-state index contributed by atoms with van der Waals surface area (Å²) < 4.78 is 7.28. The van der Waals surface area contributed by atoms with Gasteiger partial charge in [0.2, 0.25) is 0 Å². The van der Waals surface area contributed by atoms with Gasteiger partial charge in [0, 0.05) is 13.1 Å². The lowest BCUT2D eigenvalue weighted by molar-refractivity contribution is 0.211. The Morgan fingerprint density at radius 3 is 2.78 bits per heavy atom. The van der Waals surface area contributed by atoms with Gasteiger partial charge in [-0.1, -0.05) is 0 Å². The third-order valence-electron chi connectivity index (χ3n) is 2.76. The molecule has 2 aromatic rings. The highest BCUT2D eigenvalue weighted by Crippen LogP contribution is 2.32. The molecule has 3 nitrogen and oxygen atoms in total. The van der Waals surface area contributed by atoms with Crippen LogP contribution < -0.4 is 5.73 Å². The molecule has 0 amide bonds. The molecule has 2 N–H and O–H groups in total. The van der Waals surface area contributed by atoms with Crippen molar-refractivity contribution in [2.45, 2.75) is 12.6 Å². The number of hydrogen-bond donors (Lipinski definition) is 1. The third-order valence-corrected chi connectivity index (χ3v) is 5.20.